The predicted octanol–water partition coefficient (Wildman–Crippen LogP) is 8.04. The number of carbonyl (C=O) groups is 3. The van der Waals surface area contributed by atoms with E-state index in [0.717, 1.165) is 0 Å². The van der Waals surface area contributed by atoms with Crippen LogP contribution in [0.1, 0.15) is 62.3 Å². The molecule has 0 bridgehead atoms. The Labute approximate surface area is 342 Å². The van der Waals surface area contributed by atoms with E-state index in [1.165, 1.54) is 62.3 Å². The second kappa shape index (κ2) is 19.0. The molecule has 0 aromatic carbocycles. The fourth-order valence-corrected chi connectivity index (χ4v) is 2.28. The Morgan fingerprint density at radius 2 is 0.448 bits per heavy atom. The molecule has 0 aliphatic carbocycles. The van der Waals surface area contributed by atoms with E-state index in [1.807, 2.05) is 0 Å². The molecule has 0 radical (unpaired) electrons. The third kappa shape index (κ3) is 14.8. The largest absolute Gasteiger partial charge is 3.00 e. The van der Waals surface area contributed by atoms with E-state index in [0.29, 0.717) is 0 Å². The molecule has 0 rings (SSSR count). The van der Waals surface area contributed by atoms with Crippen molar-refractivity contribution in [2.75, 3.05) is 0 Å². The van der Waals surface area contributed by atoms with Crippen LogP contribution in [0.3, 0.4) is 0 Å². The van der Waals surface area contributed by atoms with Gasteiger partial charge in [-0.3, -0.25) is 14.4 Å². The van der Waals surface area contributed by atoms with Gasteiger partial charge in [0.05, 0.1) is 0 Å². The fourth-order valence-electron chi connectivity index (χ4n) is 2.28. The van der Waals surface area contributed by atoms with Crippen LogP contribution < -0.4 is 15.3 Å². The van der Waals surface area contributed by atoms with E-state index in [1.54, 1.807) is 0 Å². The Balaban J connectivity index is -0.000000374. The van der Waals surface area contributed by atoms with Crippen LogP contribution in [0.4, 0.5) is 92.2 Å². The number of hydrogen-bond donors (Lipinski definition) is 0. The number of halogens is 21. The topological polar surface area (TPSA) is 120 Å². The molecule has 0 aliphatic rings. The SMILES string of the molecule is CC(C)(C)C([O-])=CC(=O)C(F)(F)C(F)(F)C(F)(F)F.CC(C)(C)C([O-])=CC(=O)C(F)(F)C(F)(F)C(F)(F)F.CC(C)(C)C([O-])=CC(=O)C(F)(F)C(F)(F)C(F)(F)F.[La+3]. The summed E-state index contributed by atoms with van der Waals surface area (Å²) in [5.41, 5.74) is -4.09. The summed E-state index contributed by atoms with van der Waals surface area (Å²) in [6.07, 6.45) is -21.1. The van der Waals surface area contributed by atoms with Crippen molar-refractivity contribution in [3.63, 3.8) is 0 Å². The van der Waals surface area contributed by atoms with Gasteiger partial charge in [0, 0.05) is 0 Å². The maximum Gasteiger partial charge on any atom is 3.00 e. The summed E-state index contributed by atoms with van der Waals surface area (Å²) in [6.45, 7) is 10.6. The second-order valence-electron chi connectivity index (χ2n) is 14.3. The van der Waals surface area contributed by atoms with Crippen LogP contribution in [-0.2, 0) is 14.4 Å². The van der Waals surface area contributed by atoms with Gasteiger partial charge in [0.2, 0.25) is 17.3 Å². The second-order valence-corrected chi connectivity index (χ2v) is 14.3. The van der Waals surface area contributed by atoms with Gasteiger partial charge in [-0.2, -0.15) is 92.2 Å². The predicted molar refractivity (Wildman–Crippen MR) is 145 cm³/mol. The number of alkyl halides is 21. The fraction of sp³-hybridized carbons (Fsp3) is 0.700. The van der Waals surface area contributed by atoms with E-state index in [4.69, 9.17) is 0 Å². The van der Waals surface area contributed by atoms with Crippen LogP contribution in [0.2, 0.25) is 0 Å². The average Bonchev–Trinajstić information content (AvgIpc) is 2.93. The summed E-state index contributed by atoms with van der Waals surface area (Å²) in [5, 5.41) is 33.5. The summed E-state index contributed by atoms with van der Waals surface area (Å²) < 4.78 is 258. The van der Waals surface area contributed by atoms with Crippen molar-refractivity contribution in [1.82, 2.24) is 0 Å². The zero-order valence-electron chi connectivity index (χ0n) is 30.7. The average molecular weight is 1020 g/mol. The monoisotopic (exact) mass is 1020 g/mol. The summed E-state index contributed by atoms with van der Waals surface area (Å²) in [4.78, 5) is 32.4. The first-order valence-corrected chi connectivity index (χ1v) is 14.4. The molecule has 0 N–H and O–H groups in total. The molecule has 58 heavy (non-hydrogen) atoms. The third-order valence-corrected chi connectivity index (χ3v) is 6.18. The van der Waals surface area contributed by atoms with E-state index in [9.17, 15) is 122 Å². The van der Waals surface area contributed by atoms with E-state index >= 15 is 0 Å². The minimum Gasteiger partial charge on any atom is -0.875 e. The van der Waals surface area contributed by atoms with Crippen LogP contribution in [0, 0.1) is 51.8 Å². The zero-order chi connectivity index (χ0) is 47.6. The molecule has 0 fully saturated rings. The summed E-state index contributed by atoms with van der Waals surface area (Å²) in [5.74, 6) is -50.2. The zero-order valence-corrected chi connectivity index (χ0v) is 34.3. The Bertz CT molecular complexity index is 1350. The quantitative estimate of drug-likeness (QED) is 0.131. The summed E-state index contributed by atoms with van der Waals surface area (Å²) in [6, 6.07) is 0. The molecule has 0 amide bonds. The smallest absolute Gasteiger partial charge is 0.875 e. The van der Waals surface area contributed by atoms with Crippen molar-refractivity contribution in [2.45, 2.75) is 116 Å². The van der Waals surface area contributed by atoms with Gasteiger partial charge in [-0.25, -0.2) is 0 Å². The number of allylic oxidation sites excluding steroid dienone is 6. The number of carbonyl (C=O) groups excluding carboxylic acids is 3. The molecule has 0 heterocycles. The molecule has 28 heteroatoms. The van der Waals surface area contributed by atoms with Crippen molar-refractivity contribution >= 4 is 17.3 Å². The molecule has 0 saturated heterocycles. The van der Waals surface area contributed by atoms with Crippen LogP contribution >= 0.6 is 0 Å². The van der Waals surface area contributed by atoms with Gasteiger partial charge in [0.25, 0.3) is 0 Å². The van der Waals surface area contributed by atoms with Gasteiger partial charge < -0.3 is 15.3 Å². The Morgan fingerprint density at radius 1 is 0.328 bits per heavy atom. The number of rotatable bonds is 9. The standard InChI is InChI=1S/3C10H11F7O2.La/c3*1-7(2,3)5(18)4-6(19)8(11,12)9(13,14)10(15,16)17;/h3*4,18H,1-3H3;/q;;;+3/p-3. The van der Waals surface area contributed by atoms with Crippen LogP contribution in [0.25, 0.3) is 0 Å². The van der Waals surface area contributed by atoms with Crippen molar-refractivity contribution in [1.29, 1.82) is 0 Å². The van der Waals surface area contributed by atoms with Crippen LogP contribution in [-0.4, -0.2) is 71.4 Å². The molecule has 336 valence electrons. The Kier molecular flexibility index (Phi) is 20.3. The van der Waals surface area contributed by atoms with Gasteiger partial charge in [-0.05, 0) is 34.5 Å². The van der Waals surface area contributed by atoms with Crippen molar-refractivity contribution in [3.8, 4) is 0 Å². The van der Waals surface area contributed by atoms with Crippen molar-refractivity contribution < 1.29 is 158 Å². The van der Waals surface area contributed by atoms with Gasteiger partial charge in [-0.1, -0.05) is 62.3 Å². The molecule has 0 saturated carbocycles. The van der Waals surface area contributed by atoms with Gasteiger partial charge >= 0.3 is 89.7 Å². The molecule has 0 unspecified atom stereocenters. The van der Waals surface area contributed by atoms with Gasteiger partial charge in [0.1, 0.15) is 0 Å². The maximum absolute atomic E-state index is 12.8. The van der Waals surface area contributed by atoms with E-state index < -0.39 is 123 Å². The van der Waals surface area contributed by atoms with Gasteiger partial charge in [0.15, 0.2) is 0 Å². The maximum atomic E-state index is 12.8. The summed E-state index contributed by atoms with van der Waals surface area (Å²) >= 11 is 0. The van der Waals surface area contributed by atoms with Crippen molar-refractivity contribution in [3.05, 3.63) is 35.5 Å². The van der Waals surface area contributed by atoms with Crippen LogP contribution in [0.5, 0.6) is 0 Å². The summed E-state index contributed by atoms with van der Waals surface area (Å²) in [7, 11) is 0. The molecule has 0 aromatic heterocycles. The van der Waals surface area contributed by atoms with E-state index in [2.05, 4.69) is 0 Å². The molecule has 0 aliphatic heterocycles. The molecule has 0 spiro atoms. The first kappa shape index (κ1) is 62.0. The van der Waals surface area contributed by atoms with Crippen LogP contribution in [0.15, 0.2) is 35.5 Å². The minimum atomic E-state index is -6.61. The third-order valence-electron chi connectivity index (χ3n) is 6.18. The Morgan fingerprint density at radius 3 is 0.534 bits per heavy atom. The first-order valence-electron chi connectivity index (χ1n) is 14.4. The minimum absolute atomic E-state index is 0. The first-order chi connectivity index (χ1) is 24.1. The Hall–Kier alpha value is -2.65. The number of hydrogen-bond acceptors (Lipinski definition) is 6. The normalized spacial score (nSPS) is 15.3. The number of ketones is 3. The van der Waals surface area contributed by atoms with E-state index in [-0.39, 0.29) is 35.6 Å². The molecular formula is C30H30F21LaO6. The molecule has 6 nitrogen and oxygen atoms in total. The van der Waals surface area contributed by atoms with Crippen molar-refractivity contribution in [2.24, 2.45) is 16.2 Å². The molecule has 0 aromatic rings. The van der Waals surface area contributed by atoms with Gasteiger partial charge in [-0.15, -0.1) is 17.3 Å². The molecule has 0 atom stereocenters. The molecular weight excluding hydrogens is 994 g/mol.